The second kappa shape index (κ2) is 10.4. The average Bonchev–Trinajstić information content (AvgIpc) is 3.27. The molecule has 0 aliphatic heterocycles. The number of nitrogens with zero attached hydrogens (tertiary/aromatic N) is 4. The highest BCUT2D eigenvalue weighted by molar-refractivity contribution is 7.99. The Bertz CT molecular complexity index is 1380. The summed E-state index contributed by atoms with van der Waals surface area (Å²) >= 11 is 7.26. The normalized spacial score (nSPS) is 10.5. The molecule has 4 rings (SSSR count). The molecule has 1 heterocycles. The first-order valence-corrected chi connectivity index (χ1v) is 11.6. The van der Waals surface area contributed by atoms with Gasteiger partial charge in [-0.3, -0.25) is 9.36 Å². The van der Waals surface area contributed by atoms with Crippen molar-refractivity contribution in [3.63, 3.8) is 0 Å². The van der Waals surface area contributed by atoms with E-state index >= 15 is 0 Å². The molecule has 34 heavy (non-hydrogen) atoms. The van der Waals surface area contributed by atoms with E-state index in [1.807, 2.05) is 60.0 Å². The molecule has 170 valence electrons. The van der Waals surface area contributed by atoms with Crippen LogP contribution in [0.15, 0.2) is 71.9 Å². The SMILES string of the molecule is COc1ccc(-n2c(SCC(=O)Nc3cc(Cl)ccc3C#N)nnc2-c2cccc(C)c2)cc1. The van der Waals surface area contributed by atoms with E-state index in [9.17, 15) is 10.1 Å². The van der Waals surface area contributed by atoms with E-state index in [2.05, 4.69) is 21.6 Å². The summed E-state index contributed by atoms with van der Waals surface area (Å²) in [6, 6.07) is 22.3. The number of rotatable bonds is 7. The van der Waals surface area contributed by atoms with Gasteiger partial charge in [0, 0.05) is 16.3 Å². The highest BCUT2D eigenvalue weighted by Gasteiger charge is 2.18. The lowest BCUT2D eigenvalue weighted by Gasteiger charge is -2.12. The molecule has 1 aromatic heterocycles. The maximum Gasteiger partial charge on any atom is 0.234 e. The van der Waals surface area contributed by atoms with Crippen LogP contribution in [-0.4, -0.2) is 33.5 Å². The number of carbonyl (C=O) groups is 1. The standard InChI is InChI=1S/C25H20ClN5O2S/c1-16-4-3-5-17(12-16)24-29-30-25(31(24)20-8-10-21(33-2)11-9-20)34-15-23(32)28-22-13-19(26)7-6-18(22)14-27/h3-13H,15H2,1-2H3,(H,28,32). The van der Waals surface area contributed by atoms with E-state index in [1.54, 1.807) is 25.3 Å². The molecule has 1 N–H and O–H groups in total. The van der Waals surface area contributed by atoms with Crippen molar-refractivity contribution in [2.45, 2.75) is 12.1 Å². The molecule has 9 heteroatoms. The Balaban J connectivity index is 1.62. The number of aromatic nitrogens is 3. The van der Waals surface area contributed by atoms with Crippen LogP contribution in [0.4, 0.5) is 5.69 Å². The lowest BCUT2D eigenvalue weighted by molar-refractivity contribution is -0.113. The van der Waals surface area contributed by atoms with Gasteiger partial charge in [-0.05, 0) is 55.5 Å². The molecule has 0 fully saturated rings. The summed E-state index contributed by atoms with van der Waals surface area (Å²) in [5.74, 6) is 1.18. The zero-order chi connectivity index (χ0) is 24.1. The number of ether oxygens (including phenoxy) is 1. The van der Waals surface area contributed by atoms with Crippen LogP contribution in [0.25, 0.3) is 17.1 Å². The number of anilines is 1. The van der Waals surface area contributed by atoms with Crippen molar-refractivity contribution in [1.29, 1.82) is 5.26 Å². The molecule has 4 aromatic rings. The molecular formula is C25H20ClN5O2S. The number of methoxy groups -OCH3 is 1. The first-order chi connectivity index (χ1) is 16.5. The summed E-state index contributed by atoms with van der Waals surface area (Å²) in [7, 11) is 1.61. The van der Waals surface area contributed by atoms with Gasteiger partial charge in [0.05, 0.1) is 24.1 Å². The number of carbonyl (C=O) groups excluding carboxylic acids is 1. The van der Waals surface area contributed by atoms with Crippen LogP contribution in [0.3, 0.4) is 0 Å². The second-order valence-corrected chi connectivity index (χ2v) is 8.73. The first kappa shape index (κ1) is 23.4. The molecule has 0 aliphatic rings. The summed E-state index contributed by atoms with van der Waals surface area (Å²) in [5, 5.41) is 21.8. The molecule has 0 aliphatic carbocycles. The van der Waals surface area contributed by atoms with Crippen LogP contribution in [-0.2, 0) is 4.79 Å². The molecule has 7 nitrogen and oxygen atoms in total. The highest BCUT2D eigenvalue weighted by Crippen LogP contribution is 2.29. The van der Waals surface area contributed by atoms with Crippen molar-refractivity contribution in [3.05, 3.63) is 82.9 Å². The Morgan fingerprint density at radius 1 is 1.15 bits per heavy atom. The molecule has 3 aromatic carbocycles. The van der Waals surface area contributed by atoms with E-state index < -0.39 is 0 Å². The van der Waals surface area contributed by atoms with Gasteiger partial charge in [-0.1, -0.05) is 47.1 Å². The third-order valence-corrected chi connectivity index (χ3v) is 6.11. The largest absolute Gasteiger partial charge is 0.497 e. The summed E-state index contributed by atoms with van der Waals surface area (Å²) in [4.78, 5) is 12.7. The Kier molecular flexibility index (Phi) is 7.16. The molecule has 0 saturated carbocycles. The van der Waals surface area contributed by atoms with E-state index in [4.69, 9.17) is 16.3 Å². The summed E-state index contributed by atoms with van der Waals surface area (Å²) < 4.78 is 7.19. The predicted octanol–water partition coefficient (Wildman–Crippen LogP) is 5.51. The first-order valence-electron chi connectivity index (χ1n) is 10.3. The van der Waals surface area contributed by atoms with Crippen LogP contribution >= 0.6 is 23.4 Å². The van der Waals surface area contributed by atoms with Crippen LogP contribution in [0.5, 0.6) is 5.75 Å². The van der Waals surface area contributed by atoms with E-state index in [-0.39, 0.29) is 11.7 Å². The minimum atomic E-state index is -0.287. The fraction of sp³-hybridized carbons (Fsp3) is 0.120. The Morgan fingerprint density at radius 3 is 2.65 bits per heavy atom. The van der Waals surface area contributed by atoms with E-state index in [1.165, 1.54) is 11.8 Å². The Labute approximate surface area is 206 Å². The Morgan fingerprint density at radius 2 is 1.94 bits per heavy atom. The minimum Gasteiger partial charge on any atom is -0.497 e. The Hall–Kier alpha value is -3.80. The highest BCUT2D eigenvalue weighted by atomic mass is 35.5. The number of amides is 1. The number of thioether (sulfide) groups is 1. The van der Waals surface area contributed by atoms with Crippen molar-refractivity contribution in [1.82, 2.24) is 14.8 Å². The van der Waals surface area contributed by atoms with Crippen LogP contribution in [0, 0.1) is 18.3 Å². The zero-order valence-corrected chi connectivity index (χ0v) is 20.0. The predicted molar refractivity (Wildman–Crippen MR) is 134 cm³/mol. The number of hydrogen-bond donors (Lipinski definition) is 1. The van der Waals surface area contributed by atoms with Gasteiger partial charge in [0.1, 0.15) is 11.8 Å². The van der Waals surface area contributed by atoms with Gasteiger partial charge in [-0.15, -0.1) is 10.2 Å². The minimum absolute atomic E-state index is 0.0689. The monoisotopic (exact) mass is 489 g/mol. The van der Waals surface area contributed by atoms with Crippen molar-refractivity contribution in [2.24, 2.45) is 0 Å². The quantitative estimate of drug-likeness (QED) is 0.344. The van der Waals surface area contributed by atoms with Gasteiger partial charge < -0.3 is 10.1 Å². The zero-order valence-electron chi connectivity index (χ0n) is 18.4. The van der Waals surface area contributed by atoms with E-state index in [0.717, 1.165) is 22.6 Å². The fourth-order valence-corrected chi connectivity index (χ4v) is 4.26. The average molecular weight is 490 g/mol. The van der Waals surface area contributed by atoms with Crippen molar-refractivity contribution in [3.8, 4) is 28.9 Å². The number of hydrogen-bond acceptors (Lipinski definition) is 6. The molecule has 0 spiro atoms. The molecule has 0 unspecified atom stereocenters. The van der Waals surface area contributed by atoms with E-state index in [0.29, 0.717) is 27.3 Å². The lowest BCUT2D eigenvalue weighted by atomic mass is 10.1. The van der Waals surface area contributed by atoms with Gasteiger partial charge in [-0.25, -0.2) is 0 Å². The number of aryl methyl sites for hydroxylation is 1. The van der Waals surface area contributed by atoms with Crippen LogP contribution < -0.4 is 10.1 Å². The van der Waals surface area contributed by atoms with Gasteiger partial charge in [0.2, 0.25) is 5.91 Å². The number of halogens is 1. The van der Waals surface area contributed by atoms with Gasteiger partial charge >= 0.3 is 0 Å². The van der Waals surface area contributed by atoms with Crippen LogP contribution in [0.1, 0.15) is 11.1 Å². The summed E-state index contributed by atoms with van der Waals surface area (Å²) in [5.41, 5.74) is 3.57. The van der Waals surface area contributed by atoms with Crippen molar-refractivity contribution >= 4 is 35.0 Å². The van der Waals surface area contributed by atoms with Crippen LogP contribution in [0.2, 0.25) is 5.02 Å². The molecule has 0 atom stereocenters. The summed E-state index contributed by atoms with van der Waals surface area (Å²) in [6.07, 6.45) is 0. The molecular weight excluding hydrogens is 470 g/mol. The van der Waals surface area contributed by atoms with Gasteiger partial charge in [0.15, 0.2) is 11.0 Å². The molecule has 1 amide bonds. The number of benzene rings is 3. The van der Waals surface area contributed by atoms with Crippen molar-refractivity contribution in [2.75, 3.05) is 18.2 Å². The topological polar surface area (TPSA) is 92.8 Å². The molecule has 0 bridgehead atoms. The summed E-state index contributed by atoms with van der Waals surface area (Å²) in [6.45, 7) is 2.02. The maximum absolute atomic E-state index is 12.7. The van der Waals surface area contributed by atoms with Crippen molar-refractivity contribution < 1.29 is 9.53 Å². The maximum atomic E-state index is 12.7. The smallest absolute Gasteiger partial charge is 0.234 e. The van der Waals surface area contributed by atoms with Gasteiger partial charge in [0.25, 0.3) is 0 Å². The molecule has 0 radical (unpaired) electrons. The number of nitrogens with one attached hydrogen (secondary N) is 1. The third-order valence-electron chi connectivity index (χ3n) is 4.95. The fourth-order valence-electron chi connectivity index (χ4n) is 3.33. The lowest BCUT2D eigenvalue weighted by Crippen LogP contribution is -2.15. The third kappa shape index (κ3) is 5.22. The second-order valence-electron chi connectivity index (χ2n) is 7.35. The van der Waals surface area contributed by atoms with Gasteiger partial charge in [-0.2, -0.15) is 5.26 Å². The molecule has 0 saturated heterocycles. The number of nitriles is 1.